The summed E-state index contributed by atoms with van der Waals surface area (Å²) in [6.07, 6.45) is 0. The van der Waals surface area contributed by atoms with E-state index in [0.29, 0.717) is 48.9 Å². The first-order chi connectivity index (χ1) is 17.1. The number of carbonyl (C=O) groups is 2. The summed E-state index contributed by atoms with van der Waals surface area (Å²) in [5.41, 5.74) is 1.29. The van der Waals surface area contributed by atoms with Crippen LogP contribution in [0.5, 0.6) is 11.5 Å². The van der Waals surface area contributed by atoms with E-state index >= 15 is 0 Å². The first kappa shape index (κ1) is 25.7. The number of benzene rings is 3. The van der Waals surface area contributed by atoms with Gasteiger partial charge in [-0.05, 0) is 60.7 Å². The summed E-state index contributed by atoms with van der Waals surface area (Å²) in [6.45, 7) is 1.55. The van der Waals surface area contributed by atoms with Crippen LogP contribution in [0.4, 0.5) is 5.69 Å². The summed E-state index contributed by atoms with van der Waals surface area (Å²) in [6, 6.07) is 23.1. The number of carbonyl (C=O) groups excluding carboxylic acids is 2. The third-order valence-electron chi connectivity index (χ3n) is 4.72. The normalized spacial score (nSPS) is 10.2. The third kappa shape index (κ3) is 8.40. The smallest absolute Gasteiger partial charge is 0.257 e. The van der Waals surface area contributed by atoms with E-state index in [4.69, 9.17) is 26.4 Å². The minimum absolute atomic E-state index is 0.0746. The van der Waals surface area contributed by atoms with Gasteiger partial charge >= 0.3 is 0 Å². The van der Waals surface area contributed by atoms with Crippen LogP contribution in [0.15, 0.2) is 78.9 Å². The van der Waals surface area contributed by atoms with Gasteiger partial charge in [-0.15, -0.1) is 0 Å². The summed E-state index contributed by atoms with van der Waals surface area (Å²) in [4.78, 5) is 25.0. The van der Waals surface area contributed by atoms with Crippen LogP contribution >= 0.6 is 12.2 Å². The second-order valence-electron chi connectivity index (χ2n) is 7.24. The van der Waals surface area contributed by atoms with Crippen LogP contribution in [0.2, 0.25) is 0 Å². The number of rotatable bonds is 11. The van der Waals surface area contributed by atoms with Gasteiger partial charge in [-0.25, -0.2) is 0 Å². The summed E-state index contributed by atoms with van der Waals surface area (Å²) >= 11 is 5.27. The van der Waals surface area contributed by atoms with Crippen LogP contribution in [0.3, 0.4) is 0 Å². The topological polar surface area (TPSA) is 97.9 Å². The maximum atomic E-state index is 12.6. The Bertz CT molecular complexity index is 1120. The molecule has 3 rings (SSSR count). The first-order valence-electron chi connectivity index (χ1n) is 11.0. The number of amides is 2. The van der Waals surface area contributed by atoms with Crippen molar-refractivity contribution in [3.05, 3.63) is 90.0 Å². The van der Waals surface area contributed by atoms with E-state index in [-0.39, 0.29) is 16.9 Å². The molecule has 0 saturated heterocycles. The molecule has 182 valence electrons. The third-order valence-corrected chi connectivity index (χ3v) is 4.92. The molecule has 0 saturated carbocycles. The number of anilines is 1. The van der Waals surface area contributed by atoms with E-state index in [2.05, 4.69) is 16.0 Å². The van der Waals surface area contributed by atoms with Gasteiger partial charge in [0.25, 0.3) is 11.8 Å². The Labute approximate surface area is 209 Å². The highest BCUT2D eigenvalue weighted by atomic mass is 32.1. The zero-order chi connectivity index (χ0) is 24.9. The molecular weight excluding hydrogens is 466 g/mol. The predicted octanol–water partition coefficient (Wildman–Crippen LogP) is 3.65. The lowest BCUT2D eigenvalue weighted by Crippen LogP contribution is -2.35. The molecule has 35 heavy (non-hydrogen) atoms. The molecule has 0 aliphatic heterocycles. The molecule has 0 radical (unpaired) electrons. The van der Waals surface area contributed by atoms with Crippen LogP contribution in [0, 0.1) is 0 Å². The number of methoxy groups -OCH3 is 1. The lowest BCUT2D eigenvalue weighted by molar-refractivity contribution is 0.0936. The van der Waals surface area contributed by atoms with Gasteiger partial charge in [-0.3, -0.25) is 14.9 Å². The molecular formula is C26H27N3O5S. The molecule has 8 nitrogen and oxygen atoms in total. The molecule has 0 heterocycles. The monoisotopic (exact) mass is 493 g/mol. The van der Waals surface area contributed by atoms with Crippen LogP contribution in [0.1, 0.15) is 20.7 Å². The number of para-hydroxylation sites is 2. The highest BCUT2D eigenvalue weighted by Crippen LogP contribution is 2.16. The summed E-state index contributed by atoms with van der Waals surface area (Å²) in [5.74, 6) is 0.738. The maximum absolute atomic E-state index is 12.6. The minimum Gasteiger partial charge on any atom is -0.490 e. The van der Waals surface area contributed by atoms with Gasteiger partial charge in [-0.2, -0.15) is 0 Å². The molecule has 3 N–H and O–H groups in total. The Kier molecular flexibility index (Phi) is 10.0. The highest BCUT2D eigenvalue weighted by molar-refractivity contribution is 7.80. The fraction of sp³-hybridized carbons (Fsp3) is 0.192. The Balaban J connectivity index is 1.47. The van der Waals surface area contributed by atoms with Gasteiger partial charge < -0.3 is 24.8 Å². The highest BCUT2D eigenvalue weighted by Gasteiger charge is 2.13. The van der Waals surface area contributed by atoms with Crippen LogP contribution < -0.4 is 25.4 Å². The van der Waals surface area contributed by atoms with Gasteiger partial charge in [0, 0.05) is 19.2 Å². The fourth-order valence-electron chi connectivity index (χ4n) is 3.02. The van der Waals surface area contributed by atoms with Crippen LogP contribution in [-0.2, 0) is 4.74 Å². The molecule has 0 unspecified atom stereocenters. The summed E-state index contributed by atoms with van der Waals surface area (Å²) in [7, 11) is 1.56. The average Bonchev–Trinajstić information content (AvgIpc) is 2.88. The molecule has 0 spiro atoms. The molecule has 0 aliphatic rings. The van der Waals surface area contributed by atoms with Gasteiger partial charge in [0.1, 0.15) is 24.7 Å². The van der Waals surface area contributed by atoms with Crippen molar-refractivity contribution in [2.45, 2.75) is 0 Å². The lowest BCUT2D eigenvalue weighted by atomic mass is 10.1. The largest absolute Gasteiger partial charge is 0.490 e. The van der Waals surface area contributed by atoms with Crippen molar-refractivity contribution in [1.29, 1.82) is 0 Å². The fourth-order valence-corrected chi connectivity index (χ4v) is 3.22. The van der Waals surface area contributed by atoms with Crippen molar-refractivity contribution in [2.24, 2.45) is 0 Å². The molecule has 9 heteroatoms. The Morgan fingerprint density at radius 1 is 0.771 bits per heavy atom. The lowest BCUT2D eigenvalue weighted by Gasteiger charge is -2.14. The van der Waals surface area contributed by atoms with E-state index in [0.717, 1.165) is 5.75 Å². The number of nitrogens with one attached hydrogen (secondary N) is 3. The minimum atomic E-state index is -0.386. The van der Waals surface area contributed by atoms with Crippen molar-refractivity contribution in [3.63, 3.8) is 0 Å². The molecule has 0 fully saturated rings. The van der Waals surface area contributed by atoms with Gasteiger partial charge in [-0.1, -0.05) is 30.3 Å². The second-order valence-corrected chi connectivity index (χ2v) is 7.65. The van der Waals surface area contributed by atoms with E-state index in [1.807, 2.05) is 30.3 Å². The Morgan fingerprint density at radius 3 is 2.09 bits per heavy atom. The molecule has 3 aromatic carbocycles. The van der Waals surface area contributed by atoms with Gasteiger partial charge in [0.05, 0.1) is 17.9 Å². The SMILES string of the molecule is COCCNC(=O)c1ccccc1NC(=S)NC(=O)c1ccc(OCCOc2ccccc2)cc1. The Hall–Kier alpha value is -3.95. The predicted molar refractivity (Wildman–Crippen MR) is 138 cm³/mol. The van der Waals surface area contributed by atoms with Crippen molar-refractivity contribution in [3.8, 4) is 11.5 Å². The number of ether oxygens (including phenoxy) is 3. The van der Waals surface area contributed by atoms with E-state index in [1.165, 1.54) is 0 Å². The summed E-state index contributed by atoms with van der Waals surface area (Å²) in [5, 5.41) is 8.36. The summed E-state index contributed by atoms with van der Waals surface area (Å²) < 4.78 is 16.2. The second kappa shape index (κ2) is 13.7. The van der Waals surface area contributed by atoms with Crippen LogP contribution in [-0.4, -0.2) is 50.4 Å². The maximum Gasteiger partial charge on any atom is 0.257 e. The first-order valence-corrected chi connectivity index (χ1v) is 11.4. The Morgan fingerprint density at radius 2 is 1.40 bits per heavy atom. The van der Waals surface area contributed by atoms with Crippen molar-refractivity contribution in [1.82, 2.24) is 10.6 Å². The van der Waals surface area contributed by atoms with Crippen molar-refractivity contribution < 1.29 is 23.8 Å². The number of thiocarbonyl (C=S) groups is 1. The van der Waals surface area contributed by atoms with E-state index in [9.17, 15) is 9.59 Å². The molecule has 3 aromatic rings. The number of hydrogen-bond acceptors (Lipinski definition) is 6. The molecule has 2 amide bonds. The zero-order valence-electron chi connectivity index (χ0n) is 19.3. The molecule has 0 aliphatic carbocycles. The van der Waals surface area contributed by atoms with Gasteiger partial charge in [0.15, 0.2) is 5.11 Å². The van der Waals surface area contributed by atoms with Crippen LogP contribution in [0.25, 0.3) is 0 Å². The van der Waals surface area contributed by atoms with Gasteiger partial charge in [0.2, 0.25) is 0 Å². The number of hydrogen-bond donors (Lipinski definition) is 3. The van der Waals surface area contributed by atoms with Crippen molar-refractivity contribution >= 4 is 34.8 Å². The zero-order valence-corrected chi connectivity index (χ0v) is 20.1. The quantitative estimate of drug-likeness (QED) is 0.277. The molecule has 0 bridgehead atoms. The molecule has 0 atom stereocenters. The van der Waals surface area contributed by atoms with E-state index < -0.39 is 0 Å². The average molecular weight is 494 g/mol. The van der Waals surface area contributed by atoms with Crippen molar-refractivity contribution in [2.75, 3.05) is 38.8 Å². The molecule has 0 aromatic heterocycles. The standard InChI is InChI=1S/C26H27N3O5S/c1-32-16-15-27-25(31)22-9-5-6-10-23(22)28-26(35)29-24(30)19-11-13-21(14-12-19)34-18-17-33-20-7-3-2-4-8-20/h2-14H,15-18H2,1H3,(H,27,31)(H2,28,29,30,35). The van der Waals surface area contributed by atoms with E-state index in [1.54, 1.807) is 55.6 Å².